The molecule has 2 aromatic rings. The molecule has 1 saturated heterocycles. The fourth-order valence-corrected chi connectivity index (χ4v) is 7.24. The highest BCUT2D eigenvalue weighted by Gasteiger charge is 2.47. The lowest BCUT2D eigenvalue weighted by molar-refractivity contribution is -0.281. The average Bonchev–Trinajstić information content (AvgIpc) is 3.36. The third-order valence-electron chi connectivity index (χ3n) is 9.08. The van der Waals surface area contributed by atoms with Gasteiger partial charge in [-0.15, -0.1) is 0 Å². The number of carboxylic acids is 2. The number of aliphatic hydroxyl groups excluding tert-OH is 6. The summed E-state index contributed by atoms with van der Waals surface area (Å²) in [5, 5.41) is 87.2. The van der Waals surface area contributed by atoms with Crippen molar-refractivity contribution in [3.8, 4) is 0 Å². The largest absolute Gasteiger partial charge is 0.481 e. The number of likely N-dealkylation sites (N-methyl/N-ethyl adjacent to an activating group) is 1. The summed E-state index contributed by atoms with van der Waals surface area (Å²) in [6.07, 6.45) is -19.0. The lowest BCUT2D eigenvalue weighted by atomic mass is 9.97. The molecule has 4 rings (SSSR count). The maximum Gasteiger partial charge on any atom is 0.473 e. The Kier molecular flexibility index (Phi) is 14.6. The molecule has 1 aromatic carbocycles. The molecule has 24 heteroatoms. The van der Waals surface area contributed by atoms with Crippen molar-refractivity contribution in [2.45, 2.75) is 107 Å². The number of aliphatic hydroxyl groups is 6. The molecule has 1 aromatic heterocycles. The minimum absolute atomic E-state index is 0.00246. The number of H-pyrrole nitrogens is 1. The Balaban J connectivity index is 1.26. The van der Waals surface area contributed by atoms with Gasteiger partial charge >= 0.3 is 19.8 Å². The zero-order chi connectivity index (χ0) is 40.9. The second-order valence-corrected chi connectivity index (χ2v) is 14.7. The Hall–Kier alpha value is -3.97. The van der Waals surface area contributed by atoms with E-state index >= 15 is 0 Å². The number of ether oxygens (including phenoxy) is 2. The van der Waals surface area contributed by atoms with Gasteiger partial charge in [-0.3, -0.25) is 23.6 Å². The van der Waals surface area contributed by atoms with Crippen LogP contribution in [0.25, 0.3) is 0 Å². The van der Waals surface area contributed by atoms with Crippen molar-refractivity contribution in [1.29, 1.82) is 0 Å². The first-order chi connectivity index (χ1) is 25.7. The van der Waals surface area contributed by atoms with E-state index in [0.29, 0.717) is 22.8 Å². The number of phosphoric ester groups is 1. The highest BCUT2D eigenvalue weighted by Crippen LogP contribution is 2.46. The van der Waals surface area contributed by atoms with Gasteiger partial charge in [0.2, 0.25) is 5.95 Å². The van der Waals surface area contributed by atoms with E-state index in [-0.39, 0.29) is 36.1 Å². The summed E-state index contributed by atoms with van der Waals surface area (Å²) in [7, 11) is -3.39. The second kappa shape index (κ2) is 18.3. The summed E-state index contributed by atoms with van der Waals surface area (Å²) in [6.45, 7) is 2.89. The third kappa shape index (κ3) is 11.1. The number of aromatic nitrogens is 2. The first kappa shape index (κ1) is 43.8. The van der Waals surface area contributed by atoms with Crippen LogP contribution < -0.4 is 26.8 Å². The van der Waals surface area contributed by atoms with Crippen LogP contribution in [0.15, 0.2) is 29.1 Å². The molecule has 9 unspecified atom stereocenters. The monoisotopic (exact) mass is 806 g/mol. The minimum Gasteiger partial charge on any atom is -0.481 e. The van der Waals surface area contributed by atoms with Crippen molar-refractivity contribution in [3.05, 3.63) is 40.2 Å². The Morgan fingerprint density at radius 2 is 1.76 bits per heavy atom. The summed E-state index contributed by atoms with van der Waals surface area (Å²) in [5.74, 6) is -2.76. The van der Waals surface area contributed by atoms with Gasteiger partial charge in [0.25, 0.3) is 5.56 Å². The number of nitrogens with zero attached hydrogens (tertiary/aromatic N) is 2. The Bertz CT molecular complexity index is 1740. The molecule has 13 atom stereocenters. The van der Waals surface area contributed by atoms with Gasteiger partial charge in [0, 0.05) is 37.7 Å². The lowest BCUT2D eigenvalue weighted by Crippen LogP contribution is -2.57. The molecule has 0 saturated carbocycles. The van der Waals surface area contributed by atoms with E-state index in [0.717, 1.165) is 0 Å². The number of hydrogen-bond acceptors (Lipinski definition) is 19. The van der Waals surface area contributed by atoms with E-state index in [1.165, 1.54) is 0 Å². The Labute approximate surface area is 312 Å². The van der Waals surface area contributed by atoms with Crippen molar-refractivity contribution in [2.24, 2.45) is 0 Å². The molecule has 14 N–H and O–H groups in total. The number of nitrogens with two attached hydrogens (primary N) is 1. The highest BCUT2D eigenvalue weighted by molar-refractivity contribution is 7.47. The van der Waals surface area contributed by atoms with Crippen molar-refractivity contribution < 1.29 is 78.4 Å². The minimum atomic E-state index is -5.17. The smallest absolute Gasteiger partial charge is 0.473 e. The summed E-state index contributed by atoms with van der Waals surface area (Å²) < 4.78 is 31.6. The highest BCUT2D eigenvalue weighted by atomic mass is 31.2. The van der Waals surface area contributed by atoms with Gasteiger partial charge in [0.15, 0.2) is 24.5 Å². The molecule has 0 radical (unpaired) electrons. The van der Waals surface area contributed by atoms with Crippen LogP contribution in [0, 0.1) is 0 Å². The van der Waals surface area contributed by atoms with Crippen LogP contribution in [-0.2, 0) is 39.1 Å². The van der Waals surface area contributed by atoms with Gasteiger partial charge in [0.05, 0.1) is 18.8 Å². The summed E-state index contributed by atoms with van der Waals surface area (Å²) in [6, 6.07) is 6.23. The number of aliphatic carboxylic acids is 2. The quantitative estimate of drug-likeness (QED) is 0.0508. The maximum absolute atomic E-state index is 12.6. The number of nitrogens with one attached hydrogen (secondary N) is 3. The molecular formula is C31H47N6O17P. The van der Waals surface area contributed by atoms with Crippen molar-refractivity contribution in [1.82, 2.24) is 9.97 Å². The predicted molar refractivity (Wildman–Crippen MR) is 189 cm³/mol. The van der Waals surface area contributed by atoms with Crippen LogP contribution in [0.5, 0.6) is 0 Å². The van der Waals surface area contributed by atoms with E-state index in [4.69, 9.17) is 25.4 Å². The second-order valence-electron chi connectivity index (χ2n) is 13.2. The van der Waals surface area contributed by atoms with Gasteiger partial charge in [-0.25, -0.2) is 9.36 Å². The van der Waals surface area contributed by atoms with Gasteiger partial charge in [-0.2, -0.15) is 4.98 Å². The molecule has 2 aliphatic rings. The SMILES string of the molecule is CC(Nc1ccc(CC(O)C(O)C(O)C(O)O[C@H]2O[C@H](COP(=O)(O)OC(CCC(=O)O)C(=O)O)[C@@H](O)[C@H]2O)cc1)C1C(C)Nc2nc(N)[nH]c(=O)c2N1C. The van der Waals surface area contributed by atoms with Crippen LogP contribution in [0.1, 0.15) is 32.3 Å². The maximum atomic E-state index is 12.6. The molecule has 0 amide bonds. The number of carbonyl (C=O) groups is 2. The molecule has 0 bridgehead atoms. The fraction of sp³-hybridized carbons (Fsp3) is 0.613. The average molecular weight is 807 g/mol. The molecule has 0 spiro atoms. The third-order valence-corrected chi connectivity index (χ3v) is 10.1. The number of rotatable bonds is 19. The van der Waals surface area contributed by atoms with Crippen LogP contribution in [0.4, 0.5) is 23.1 Å². The molecule has 1 fully saturated rings. The van der Waals surface area contributed by atoms with Gasteiger partial charge in [-0.1, -0.05) is 12.1 Å². The number of benzene rings is 1. The van der Waals surface area contributed by atoms with Gasteiger partial charge in [0.1, 0.15) is 36.2 Å². The number of nitrogen functional groups attached to an aromatic ring is 1. The van der Waals surface area contributed by atoms with Crippen molar-refractivity contribution in [2.75, 3.05) is 34.9 Å². The molecule has 55 heavy (non-hydrogen) atoms. The molecule has 308 valence electrons. The standard InChI is InChI=1S/C31H47N6O17P/c1-12(20-13(2)34-26-21(37(20)3)27(45)36-31(32)35-26)33-15-6-4-14(5-7-15)10-16(38)22(41)24(43)29(48)53-30-25(44)23(42)18(52-30)11-51-55(49,50)54-17(28(46)47)8-9-19(39)40/h4-7,12-13,16-18,20,22-25,29-30,33,38,41-44,48H,8-11H2,1-3H3,(H,39,40)(H,46,47)(H,49,50)(H4,32,34,35,36,45)/t12?,13?,16?,17?,18-,20?,22?,23-,24?,25-,29?,30-/m1/s1. The van der Waals surface area contributed by atoms with Gasteiger partial charge in [-0.05, 0) is 38.0 Å². The summed E-state index contributed by atoms with van der Waals surface area (Å²) >= 11 is 0. The van der Waals surface area contributed by atoms with Crippen LogP contribution >= 0.6 is 7.82 Å². The number of carboxylic acid groups (broad SMARTS) is 2. The van der Waals surface area contributed by atoms with E-state index in [2.05, 4.69) is 29.6 Å². The van der Waals surface area contributed by atoms with Crippen LogP contribution in [-0.4, -0.2) is 155 Å². The van der Waals surface area contributed by atoms with Gasteiger partial charge < -0.3 is 76.5 Å². The van der Waals surface area contributed by atoms with Crippen molar-refractivity contribution in [3.63, 3.8) is 0 Å². The van der Waals surface area contributed by atoms with E-state index in [1.54, 1.807) is 31.3 Å². The Morgan fingerprint density at radius 3 is 2.38 bits per heavy atom. The first-order valence-corrected chi connectivity index (χ1v) is 18.4. The first-order valence-electron chi connectivity index (χ1n) is 16.9. The fourth-order valence-electron chi connectivity index (χ4n) is 6.33. The van der Waals surface area contributed by atoms with Crippen molar-refractivity contribution >= 4 is 42.9 Å². The number of aromatic amines is 1. The Morgan fingerprint density at radius 1 is 1.11 bits per heavy atom. The number of fused-ring (bicyclic) bond motifs is 1. The van der Waals surface area contributed by atoms with Crippen LogP contribution in [0.2, 0.25) is 0 Å². The number of hydrogen-bond donors (Lipinski definition) is 13. The summed E-state index contributed by atoms with van der Waals surface area (Å²) in [5.41, 5.74) is 6.88. The zero-order valence-corrected chi connectivity index (χ0v) is 30.7. The zero-order valence-electron chi connectivity index (χ0n) is 29.8. The predicted octanol–water partition coefficient (Wildman–Crippen LogP) is -2.67. The lowest BCUT2D eigenvalue weighted by Gasteiger charge is -2.43. The van der Waals surface area contributed by atoms with E-state index < -0.39 is 94.5 Å². The number of phosphoric acid groups is 1. The molecule has 23 nitrogen and oxygen atoms in total. The molecule has 2 aliphatic heterocycles. The summed E-state index contributed by atoms with van der Waals surface area (Å²) in [4.78, 5) is 53.0. The molecular weight excluding hydrogens is 759 g/mol. The molecule has 0 aliphatic carbocycles. The van der Waals surface area contributed by atoms with E-state index in [9.17, 15) is 54.5 Å². The van der Waals surface area contributed by atoms with E-state index in [1.807, 2.05) is 18.7 Å². The molecule has 3 heterocycles. The normalized spacial score (nSPS) is 26.8. The number of anilines is 4. The topological polar surface area (TPSA) is 369 Å². The van der Waals surface area contributed by atoms with Crippen LogP contribution in [0.3, 0.4) is 0 Å².